The van der Waals surface area contributed by atoms with Gasteiger partial charge in [0, 0.05) is 25.9 Å². The summed E-state index contributed by atoms with van der Waals surface area (Å²) in [5.41, 5.74) is 1.27. The van der Waals surface area contributed by atoms with E-state index in [9.17, 15) is 13.2 Å². The van der Waals surface area contributed by atoms with Crippen LogP contribution < -0.4 is 4.74 Å². The van der Waals surface area contributed by atoms with E-state index in [0.717, 1.165) is 36.4 Å². The van der Waals surface area contributed by atoms with E-state index in [0.29, 0.717) is 31.2 Å². The molecule has 0 radical (unpaired) electrons. The molecular weight excluding hydrogens is 371 g/mol. The largest absolute Gasteiger partial charge is 0.494 e. The van der Waals surface area contributed by atoms with Crippen LogP contribution in [0.1, 0.15) is 49.3 Å². The molecular formula is C19H22F3N5O. The van der Waals surface area contributed by atoms with Gasteiger partial charge in [-0.3, -0.25) is 0 Å². The van der Waals surface area contributed by atoms with Crippen LogP contribution in [0.15, 0.2) is 29.4 Å². The number of alkyl halides is 3. The van der Waals surface area contributed by atoms with Gasteiger partial charge in [-0.15, -0.1) is 10.2 Å². The van der Waals surface area contributed by atoms with Gasteiger partial charge in [-0.25, -0.2) is 0 Å². The van der Waals surface area contributed by atoms with Gasteiger partial charge in [0.05, 0.1) is 6.61 Å². The molecule has 3 heterocycles. The average Bonchev–Trinajstić information content (AvgIpc) is 3.13. The van der Waals surface area contributed by atoms with Gasteiger partial charge in [0.2, 0.25) is 0 Å². The van der Waals surface area contributed by atoms with Crippen LogP contribution in [-0.4, -0.2) is 45.3 Å². The summed E-state index contributed by atoms with van der Waals surface area (Å²) in [6.07, 6.45) is -1.68. The van der Waals surface area contributed by atoms with Gasteiger partial charge in [-0.2, -0.15) is 22.9 Å². The molecule has 6 nitrogen and oxygen atoms in total. The smallest absolute Gasteiger partial charge is 0.453 e. The first-order valence-corrected chi connectivity index (χ1v) is 9.52. The normalized spacial score (nSPS) is 18.0. The summed E-state index contributed by atoms with van der Waals surface area (Å²) < 4.78 is 45.6. The maximum Gasteiger partial charge on any atom is 0.453 e. The Morgan fingerprint density at radius 2 is 1.79 bits per heavy atom. The van der Waals surface area contributed by atoms with E-state index in [1.807, 2.05) is 19.1 Å². The number of amidine groups is 1. The lowest BCUT2D eigenvalue weighted by Gasteiger charge is -2.35. The highest BCUT2D eigenvalue weighted by molar-refractivity contribution is 5.83. The molecule has 2 aliphatic rings. The van der Waals surface area contributed by atoms with Gasteiger partial charge in [0.1, 0.15) is 11.6 Å². The number of fused-ring (bicyclic) bond motifs is 1. The van der Waals surface area contributed by atoms with Crippen LogP contribution in [0, 0.1) is 0 Å². The highest BCUT2D eigenvalue weighted by atomic mass is 19.4. The van der Waals surface area contributed by atoms with Crippen LogP contribution in [0.5, 0.6) is 5.75 Å². The van der Waals surface area contributed by atoms with Crippen LogP contribution >= 0.6 is 0 Å². The number of benzene rings is 1. The number of hydrogen-bond acceptors (Lipinski definition) is 5. The molecule has 0 N–H and O–H groups in total. The second-order valence-corrected chi connectivity index (χ2v) is 7.03. The van der Waals surface area contributed by atoms with Gasteiger partial charge >= 0.3 is 6.18 Å². The maximum atomic E-state index is 13.1. The zero-order chi connectivity index (χ0) is 19.7. The van der Waals surface area contributed by atoms with Gasteiger partial charge in [0.25, 0.3) is 5.82 Å². The molecule has 9 heteroatoms. The average molecular weight is 393 g/mol. The molecule has 2 aromatic rings. The Morgan fingerprint density at radius 3 is 2.43 bits per heavy atom. The second kappa shape index (κ2) is 7.44. The molecule has 28 heavy (non-hydrogen) atoms. The summed E-state index contributed by atoms with van der Waals surface area (Å²) in [7, 11) is 0. The van der Waals surface area contributed by atoms with Crippen molar-refractivity contribution in [2.24, 2.45) is 5.10 Å². The molecule has 4 rings (SSSR count). The first kappa shape index (κ1) is 18.8. The maximum absolute atomic E-state index is 13.1. The van der Waals surface area contributed by atoms with Crippen molar-refractivity contribution >= 4 is 5.84 Å². The molecule has 0 atom stereocenters. The monoisotopic (exact) mass is 393 g/mol. The molecule has 0 saturated carbocycles. The van der Waals surface area contributed by atoms with Crippen molar-refractivity contribution in [3.63, 3.8) is 0 Å². The Balaban J connectivity index is 1.43. The summed E-state index contributed by atoms with van der Waals surface area (Å²) in [4.78, 5) is 2.09. The zero-order valence-electron chi connectivity index (χ0n) is 15.6. The standard InChI is InChI=1S/C19H22F3N5O/c1-2-28-15-5-3-13(4-6-15)14-9-11-26(12-10-14)17-8-7-16-23-24-18(19(20,21)22)27(16)25-17/h3-6,14H,2,7-12H2,1H3. The predicted octanol–water partition coefficient (Wildman–Crippen LogP) is 3.68. The summed E-state index contributed by atoms with van der Waals surface area (Å²) >= 11 is 0. The number of hydrogen-bond donors (Lipinski definition) is 0. The predicted molar refractivity (Wildman–Crippen MR) is 97.3 cm³/mol. The van der Waals surface area contributed by atoms with Crippen molar-refractivity contribution in [2.75, 3.05) is 19.7 Å². The third-order valence-corrected chi connectivity index (χ3v) is 5.27. The fourth-order valence-electron chi connectivity index (χ4n) is 3.83. The lowest BCUT2D eigenvalue weighted by molar-refractivity contribution is -0.147. The molecule has 0 spiro atoms. The van der Waals surface area contributed by atoms with Crippen molar-refractivity contribution in [2.45, 2.75) is 44.7 Å². The van der Waals surface area contributed by atoms with Crippen molar-refractivity contribution in [1.29, 1.82) is 0 Å². The summed E-state index contributed by atoms with van der Waals surface area (Å²) in [6, 6.07) is 8.18. The molecule has 1 saturated heterocycles. The third-order valence-electron chi connectivity index (χ3n) is 5.27. The quantitative estimate of drug-likeness (QED) is 0.798. The molecule has 150 valence electrons. The Hall–Kier alpha value is -2.58. The van der Waals surface area contributed by atoms with Crippen molar-refractivity contribution in [3.8, 4) is 5.75 Å². The van der Waals surface area contributed by atoms with Gasteiger partial charge in [-0.1, -0.05) is 12.1 Å². The Labute approximate surface area is 161 Å². The lowest BCUT2D eigenvalue weighted by atomic mass is 9.89. The zero-order valence-corrected chi connectivity index (χ0v) is 15.6. The first-order valence-electron chi connectivity index (χ1n) is 9.52. The molecule has 0 unspecified atom stereocenters. The Kier molecular flexibility index (Phi) is 4.99. The van der Waals surface area contributed by atoms with Crippen LogP contribution in [-0.2, 0) is 12.6 Å². The minimum atomic E-state index is -4.56. The van der Waals surface area contributed by atoms with Crippen LogP contribution in [0.3, 0.4) is 0 Å². The van der Waals surface area contributed by atoms with E-state index in [4.69, 9.17) is 4.74 Å². The number of halogens is 3. The third kappa shape index (κ3) is 3.70. The summed E-state index contributed by atoms with van der Waals surface area (Å²) in [5, 5.41) is 11.1. The van der Waals surface area contributed by atoms with E-state index in [2.05, 4.69) is 32.3 Å². The number of piperidine rings is 1. The fourth-order valence-corrected chi connectivity index (χ4v) is 3.83. The van der Waals surface area contributed by atoms with E-state index in [-0.39, 0.29) is 5.82 Å². The molecule has 1 aromatic carbocycles. The summed E-state index contributed by atoms with van der Waals surface area (Å²) in [5.74, 6) is 1.20. The van der Waals surface area contributed by atoms with Crippen LogP contribution in [0.25, 0.3) is 0 Å². The molecule has 2 aliphatic heterocycles. The number of aryl methyl sites for hydroxylation is 1. The van der Waals surface area contributed by atoms with Crippen molar-refractivity contribution in [1.82, 2.24) is 19.8 Å². The molecule has 0 aliphatic carbocycles. The second-order valence-electron chi connectivity index (χ2n) is 7.03. The molecule has 1 aromatic heterocycles. The SMILES string of the molecule is CCOc1ccc(C2CCN(C3=Nn4c(nnc4C(F)(F)F)CC3)CC2)cc1. The van der Waals surface area contributed by atoms with Crippen molar-refractivity contribution in [3.05, 3.63) is 41.5 Å². The van der Waals surface area contributed by atoms with Crippen LogP contribution in [0.2, 0.25) is 0 Å². The van der Waals surface area contributed by atoms with Gasteiger partial charge < -0.3 is 9.64 Å². The van der Waals surface area contributed by atoms with E-state index < -0.39 is 12.0 Å². The minimum absolute atomic E-state index is 0.264. The molecule has 0 amide bonds. The first-order chi connectivity index (χ1) is 13.5. The summed E-state index contributed by atoms with van der Waals surface area (Å²) in [6.45, 7) is 4.15. The van der Waals surface area contributed by atoms with E-state index >= 15 is 0 Å². The fraction of sp³-hybridized carbons (Fsp3) is 0.526. The Morgan fingerprint density at radius 1 is 1.07 bits per heavy atom. The minimum Gasteiger partial charge on any atom is -0.494 e. The number of aromatic nitrogens is 3. The number of rotatable bonds is 3. The highest BCUT2D eigenvalue weighted by Gasteiger charge is 2.40. The van der Waals surface area contributed by atoms with Gasteiger partial charge in [-0.05, 0) is 43.4 Å². The molecule has 0 bridgehead atoms. The lowest BCUT2D eigenvalue weighted by Crippen LogP contribution is -2.40. The van der Waals surface area contributed by atoms with Crippen molar-refractivity contribution < 1.29 is 17.9 Å². The van der Waals surface area contributed by atoms with Gasteiger partial charge in [0.15, 0.2) is 5.82 Å². The number of nitrogens with zero attached hydrogens (tertiary/aromatic N) is 5. The Bertz CT molecular complexity index is 851. The van der Waals surface area contributed by atoms with E-state index in [1.54, 1.807) is 0 Å². The van der Waals surface area contributed by atoms with E-state index in [1.165, 1.54) is 5.56 Å². The topological polar surface area (TPSA) is 55.5 Å². The molecule has 1 fully saturated rings. The number of ether oxygens (including phenoxy) is 1. The highest BCUT2D eigenvalue weighted by Crippen LogP contribution is 2.32. The number of likely N-dealkylation sites (tertiary alicyclic amines) is 1. The van der Waals surface area contributed by atoms with Crippen LogP contribution in [0.4, 0.5) is 13.2 Å².